The van der Waals surface area contributed by atoms with E-state index < -0.39 is 0 Å². The zero-order valence-electron chi connectivity index (χ0n) is 13.7. The number of hydrogen-bond acceptors (Lipinski definition) is 4. The van der Waals surface area contributed by atoms with Crippen LogP contribution < -0.4 is 10.2 Å². The molecule has 0 atom stereocenters. The summed E-state index contributed by atoms with van der Waals surface area (Å²) in [7, 11) is 1.63. The van der Waals surface area contributed by atoms with Crippen LogP contribution in [0.3, 0.4) is 0 Å². The second-order valence-corrected chi connectivity index (χ2v) is 5.29. The zero-order valence-corrected chi connectivity index (χ0v) is 13.7. The van der Waals surface area contributed by atoms with Crippen LogP contribution in [-0.4, -0.2) is 24.2 Å². The largest absolute Gasteiger partial charge is 0.497 e. The number of aromatic nitrogens is 1. The third-order valence-corrected chi connectivity index (χ3v) is 3.63. The van der Waals surface area contributed by atoms with Gasteiger partial charge in [-0.25, -0.2) is 5.43 Å². The van der Waals surface area contributed by atoms with Crippen LogP contribution in [0.15, 0.2) is 78.2 Å². The lowest BCUT2D eigenvalue weighted by atomic mass is 10.0. The molecule has 0 radical (unpaired) electrons. The fraction of sp³-hybridized carbons (Fsp3) is 0.0500. The molecule has 0 aliphatic heterocycles. The van der Waals surface area contributed by atoms with Gasteiger partial charge >= 0.3 is 0 Å². The summed E-state index contributed by atoms with van der Waals surface area (Å²) in [5, 5.41) is 3.97. The molecule has 0 saturated heterocycles. The molecule has 5 nitrogen and oxygen atoms in total. The maximum absolute atomic E-state index is 12.3. The van der Waals surface area contributed by atoms with E-state index >= 15 is 0 Å². The third kappa shape index (κ3) is 4.29. The number of nitrogens with zero attached hydrogens (tertiary/aromatic N) is 2. The van der Waals surface area contributed by atoms with Crippen LogP contribution >= 0.6 is 0 Å². The monoisotopic (exact) mass is 331 g/mol. The van der Waals surface area contributed by atoms with E-state index in [4.69, 9.17) is 4.74 Å². The van der Waals surface area contributed by atoms with Crippen molar-refractivity contribution in [3.05, 3.63) is 84.2 Å². The Bertz CT molecular complexity index is 875. The second-order valence-electron chi connectivity index (χ2n) is 5.29. The summed E-state index contributed by atoms with van der Waals surface area (Å²) in [6.07, 6.45) is 4.91. The van der Waals surface area contributed by atoms with Crippen molar-refractivity contribution >= 4 is 12.1 Å². The Morgan fingerprint density at radius 3 is 2.52 bits per heavy atom. The number of hydrazone groups is 1. The van der Waals surface area contributed by atoms with E-state index in [9.17, 15) is 4.79 Å². The minimum absolute atomic E-state index is 0.263. The van der Waals surface area contributed by atoms with Crippen LogP contribution in [0.2, 0.25) is 0 Å². The van der Waals surface area contributed by atoms with Crippen molar-refractivity contribution in [1.29, 1.82) is 0 Å². The Morgan fingerprint density at radius 1 is 1.04 bits per heavy atom. The van der Waals surface area contributed by atoms with Crippen molar-refractivity contribution in [2.45, 2.75) is 0 Å². The first kappa shape index (κ1) is 16.4. The summed E-state index contributed by atoms with van der Waals surface area (Å²) >= 11 is 0. The number of benzene rings is 2. The van der Waals surface area contributed by atoms with Crippen LogP contribution in [0, 0.1) is 0 Å². The number of pyridine rings is 1. The molecule has 1 aromatic heterocycles. The summed E-state index contributed by atoms with van der Waals surface area (Å²) < 4.78 is 5.16. The SMILES string of the molecule is COc1ccc(-c2cccc(C(=O)NN=Cc3ccncc3)c2)cc1. The van der Waals surface area contributed by atoms with E-state index in [-0.39, 0.29) is 5.91 Å². The van der Waals surface area contributed by atoms with Gasteiger partial charge in [-0.05, 0) is 53.1 Å². The first-order chi connectivity index (χ1) is 12.3. The Labute approximate surface area is 146 Å². The van der Waals surface area contributed by atoms with Gasteiger partial charge in [-0.1, -0.05) is 24.3 Å². The predicted octanol–water partition coefficient (Wildman–Crippen LogP) is 3.52. The Hall–Kier alpha value is -3.47. The topological polar surface area (TPSA) is 63.6 Å². The van der Waals surface area contributed by atoms with E-state index in [1.165, 1.54) is 0 Å². The molecule has 124 valence electrons. The van der Waals surface area contributed by atoms with Gasteiger partial charge in [0.15, 0.2) is 0 Å². The molecule has 0 fully saturated rings. The molecule has 1 N–H and O–H groups in total. The molecule has 1 heterocycles. The van der Waals surface area contributed by atoms with Gasteiger partial charge in [-0.15, -0.1) is 0 Å². The molecule has 0 aliphatic rings. The predicted molar refractivity (Wildman–Crippen MR) is 97.7 cm³/mol. The average molecular weight is 331 g/mol. The average Bonchev–Trinajstić information content (AvgIpc) is 2.69. The van der Waals surface area contributed by atoms with Gasteiger partial charge in [0.2, 0.25) is 0 Å². The highest BCUT2D eigenvalue weighted by atomic mass is 16.5. The number of hydrogen-bond donors (Lipinski definition) is 1. The maximum atomic E-state index is 12.3. The van der Waals surface area contributed by atoms with Gasteiger partial charge < -0.3 is 4.74 Å². The summed E-state index contributed by atoms with van der Waals surface area (Å²) in [6.45, 7) is 0. The van der Waals surface area contributed by atoms with Crippen molar-refractivity contribution < 1.29 is 9.53 Å². The van der Waals surface area contributed by atoms with Crippen molar-refractivity contribution in [3.63, 3.8) is 0 Å². The summed E-state index contributed by atoms with van der Waals surface area (Å²) in [4.78, 5) is 16.2. The van der Waals surface area contributed by atoms with Crippen LogP contribution in [0.4, 0.5) is 0 Å². The molecule has 0 saturated carbocycles. The highest BCUT2D eigenvalue weighted by molar-refractivity contribution is 5.96. The lowest BCUT2D eigenvalue weighted by molar-refractivity contribution is 0.0955. The summed E-state index contributed by atoms with van der Waals surface area (Å²) in [5.74, 6) is 0.531. The highest BCUT2D eigenvalue weighted by Gasteiger charge is 2.06. The van der Waals surface area contributed by atoms with Gasteiger partial charge in [-0.3, -0.25) is 9.78 Å². The molecule has 0 spiro atoms. The summed E-state index contributed by atoms with van der Waals surface area (Å²) in [6, 6.07) is 18.7. The molecule has 25 heavy (non-hydrogen) atoms. The van der Waals surface area contributed by atoms with Crippen molar-refractivity contribution in [2.24, 2.45) is 5.10 Å². The number of nitrogens with one attached hydrogen (secondary N) is 1. The lowest BCUT2D eigenvalue weighted by Crippen LogP contribution is -2.17. The van der Waals surface area contributed by atoms with E-state index in [0.717, 1.165) is 22.4 Å². The first-order valence-corrected chi connectivity index (χ1v) is 7.74. The van der Waals surface area contributed by atoms with E-state index in [1.54, 1.807) is 43.9 Å². The number of methoxy groups -OCH3 is 1. The standard InChI is InChI=1S/C20H17N3O2/c1-25-19-7-5-16(6-8-19)17-3-2-4-18(13-17)20(24)23-22-14-15-9-11-21-12-10-15/h2-14H,1H3,(H,23,24). The molecular weight excluding hydrogens is 314 g/mol. The van der Waals surface area contributed by atoms with Gasteiger partial charge in [0.1, 0.15) is 5.75 Å². The Kier molecular flexibility index (Phi) is 5.16. The van der Waals surface area contributed by atoms with Crippen molar-refractivity contribution in [3.8, 4) is 16.9 Å². The van der Waals surface area contributed by atoms with E-state index in [1.807, 2.05) is 42.5 Å². The lowest BCUT2D eigenvalue weighted by Gasteiger charge is -2.06. The third-order valence-electron chi connectivity index (χ3n) is 3.63. The molecule has 3 aromatic rings. The van der Waals surface area contributed by atoms with Gasteiger partial charge in [-0.2, -0.15) is 5.10 Å². The minimum atomic E-state index is -0.263. The Balaban J connectivity index is 1.72. The second kappa shape index (κ2) is 7.88. The van der Waals surface area contributed by atoms with Gasteiger partial charge in [0, 0.05) is 18.0 Å². The molecule has 0 unspecified atom stereocenters. The highest BCUT2D eigenvalue weighted by Crippen LogP contribution is 2.23. The first-order valence-electron chi connectivity index (χ1n) is 7.74. The Morgan fingerprint density at radius 2 is 1.80 bits per heavy atom. The maximum Gasteiger partial charge on any atom is 0.271 e. The molecule has 1 amide bonds. The minimum Gasteiger partial charge on any atom is -0.497 e. The normalized spacial score (nSPS) is 10.6. The molecule has 3 rings (SSSR count). The molecular formula is C20H17N3O2. The van der Waals surface area contributed by atoms with Gasteiger partial charge in [0.05, 0.1) is 13.3 Å². The van der Waals surface area contributed by atoms with Crippen LogP contribution in [0.5, 0.6) is 5.75 Å². The quantitative estimate of drug-likeness (QED) is 0.575. The van der Waals surface area contributed by atoms with Crippen LogP contribution in [0.25, 0.3) is 11.1 Å². The molecule has 0 aliphatic carbocycles. The zero-order chi connectivity index (χ0) is 17.5. The molecule has 0 bridgehead atoms. The van der Waals surface area contributed by atoms with Crippen molar-refractivity contribution in [1.82, 2.24) is 10.4 Å². The summed E-state index contributed by atoms with van der Waals surface area (Å²) in [5.41, 5.74) is 5.90. The van der Waals surface area contributed by atoms with Crippen LogP contribution in [-0.2, 0) is 0 Å². The molecule has 2 aromatic carbocycles. The number of rotatable bonds is 5. The fourth-order valence-corrected chi connectivity index (χ4v) is 2.30. The smallest absolute Gasteiger partial charge is 0.271 e. The number of carbonyl (C=O) groups is 1. The van der Waals surface area contributed by atoms with E-state index in [2.05, 4.69) is 15.5 Å². The van der Waals surface area contributed by atoms with Gasteiger partial charge in [0.25, 0.3) is 5.91 Å². The van der Waals surface area contributed by atoms with E-state index in [0.29, 0.717) is 5.56 Å². The van der Waals surface area contributed by atoms with Crippen molar-refractivity contribution in [2.75, 3.05) is 7.11 Å². The number of ether oxygens (including phenoxy) is 1. The number of carbonyl (C=O) groups excluding carboxylic acids is 1. The van der Waals surface area contributed by atoms with Crippen LogP contribution in [0.1, 0.15) is 15.9 Å². The number of amides is 1. The fourth-order valence-electron chi connectivity index (χ4n) is 2.30. The molecule has 5 heteroatoms.